The lowest BCUT2D eigenvalue weighted by atomic mass is 10.2. The molecule has 0 aliphatic carbocycles. The zero-order valence-electron chi connectivity index (χ0n) is 17.2. The molecule has 9 nitrogen and oxygen atoms in total. The van der Waals surface area contributed by atoms with Gasteiger partial charge in [-0.05, 0) is 54.1 Å². The molecule has 1 amide bonds. The van der Waals surface area contributed by atoms with E-state index in [9.17, 15) is 27.7 Å². The number of nitrogens with one attached hydrogen (secondary N) is 2. The van der Waals surface area contributed by atoms with Gasteiger partial charge in [0.25, 0.3) is 15.7 Å². The van der Waals surface area contributed by atoms with Crippen LogP contribution in [0, 0.1) is 15.9 Å². The fraction of sp³-hybridized carbons (Fsp3) is 0.0455. The van der Waals surface area contributed by atoms with E-state index in [-0.39, 0.29) is 27.7 Å². The Labute approximate surface area is 188 Å². The Bertz CT molecular complexity index is 1320. The number of non-ortho nitro benzene ring substituents is 1. The molecule has 0 spiro atoms. The Kier molecular flexibility index (Phi) is 7.04. The van der Waals surface area contributed by atoms with E-state index in [0.717, 1.165) is 24.3 Å². The van der Waals surface area contributed by atoms with E-state index in [4.69, 9.17) is 4.74 Å². The summed E-state index contributed by atoms with van der Waals surface area (Å²) in [6, 6.07) is 14.4. The highest BCUT2D eigenvalue weighted by atomic mass is 32.2. The summed E-state index contributed by atoms with van der Waals surface area (Å²) in [5, 5.41) is 13.4. The molecule has 3 aromatic rings. The largest absolute Gasteiger partial charge is 0.495 e. The number of ether oxygens (including phenoxy) is 1. The van der Waals surface area contributed by atoms with Crippen LogP contribution in [0.2, 0.25) is 0 Å². The van der Waals surface area contributed by atoms with Gasteiger partial charge < -0.3 is 10.1 Å². The molecule has 0 bridgehead atoms. The van der Waals surface area contributed by atoms with Crippen LogP contribution in [0.4, 0.5) is 21.5 Å². The van der Waals surface area contributed by atoms with Crippen molar-refractivity contribution in [1.82, 2.24) is 0 Å². The number of sulfonamides is 1. The van der Waals surface area contributed by atoms with Crippen molar-refractivity contribution in [2.75, 3.05) is 17.1 Å². The van der Waals surface area contributed by atoms with Crippen molar-refractivity contribution >= 4 is 39.1 Å². The topological polar surface area (TPSA) is 128 Å². The Morgan fingerprint density at radius 2 is 1.82 bits per heavy atom. The van der Waals surface area contributed by atoms with E-state index in [1.54, 1.807) is 6.07 Å². The number of carbonyl (C=O) groups is 1. The second kappa shape index (κ2) is 9.92. The fourth-order valence-electron chi connectivity index (χ4n) is 2.78. The smallest absolute Gasteiger partial charge is 0.270 e. The molecule has 0 atom stereocenters. The first-order valence-electron chi connectivity index (χ1n) is 9.38. The standard InChI is InChI=1S/C22H18FN3O6S/c1-32-21-11-8-17(14-20(21)25-33(30,31)19-9-6-16(23)7-10-19)24-22(27)12-5-15-3-2-4-18(13-15)26(28)29/h2-14,25H,1H3,(H,24,27)/b12-5+. The van der Waals surface area contributed by atoms with Crippen LogP contribution in [0.25, 0.3) is 6.08 Å². The van der Waals surface area contributed by atoms with Gasteiger partial charge in [-0.3, -0.25) is 19.6 Å². The van der Waals surface area contributed by atoms with Crippen LogP contribution < -0.4 is 14.8 Å². The second-order valence-electron chi connectivity index (χ2n) is 6.65. The van der Waals surface area contributed by atoms with Crippen molar-refractivity contribution in [3.63, 3.8) is 0 Å². The minimum atomic E-state index is -4.04. The normalized spacial score (nSPS) is 11.2. The first kappa shape index (κ1) is 23.4. The Balaban J connectivity index is 1.77. The van der Waals surface area contributed by atoms with Crippen molar-refractivity contribution in [1.29, 1.82) is 0 Å². The van der Waals surface area contributed by atoms with Gasteiger partial charge in [0.05, 0.1) is 22.6 Å². The molecule has 0 unspecified atom stereocenters. The predicted molar refractivity (Wildman–Crippen MR) is 121 cm³/mol. The van der Waals surface area contributed by atoms with Crippen molar-refractivity contribution in [3.8, 4) is 5.75 Å². The lowest BCUT2D eigenvalue weighted by Gasteiger charge is -2.13. The number of hydrogen-bond acceptors (Lipinski definition) is 6. The van der Waals surface area contributed by atoms with E-state index >= 15 is 0 Å². The third-order valence-electron chi connectivity index (χ3n) is 4.34. The molecule has 0 heterocycles. The maximum absolute atomic E-state index is 13.1. The minimum Gasteiger partial charge on any atom is -0.495 e. The number of anilines is 2. The van der Waals surface area contributed by atoms with Gasteiger partial charge in [-0.25, -0.2) is 12.8 Å². The number of carbonyl (C=O) groups excluding carboxylic acids is 1. The Hall–Kier alpha value is -4.25. The van der Waals surface area contributed by atoms with Crippen LogP contribution in [-0.4, -0.2) is 26.4 Å². The highest BCUT2D eigenvalue weighted by molar-refractivity contribution is 7.92. The zero-order valence-corrected chi connectivity index (χ0v) is 18.0. The van der Waals surface area contributed by atoms with Gasteiger partial charge in [-0.15, -0.1) is 0 Å². The minimum absolute atomic E-state index is 0.0577. The average Bonchev–Trinajstić information content (AvgIpc) is 2.78. The van der Waals surface area contributed by atoms with Crippen LogP contribution >= 0.6 is 0 Å². The third kappa shape index (κ3) is 6.14. The molecule has 33 heavy (non-hydrogen) atoms. The number of amides is 1. The van der Waals surface area contributed by atoms with E-state index < -0.39 is 26.7 Å². The molecule has 170 valence electrons. The van der Waals surface area contributed by atoms with Crippen molar-refractivity contribution in [2.45, 2.75) is 4.90 Å². The monoisotopic (exact) mass is 471 g/mol. The number of methoxy groups -OCH3 is 1. The lowest BCUT2D eigenvalue weighted by Crippen LogP contribution is -2.14. The number of hydrogen-bond donors (Lipinski definition) is 2. The molecule has 0 aliphatic rings. The van der Waals surface area contributed by atoms with Crippen LogP contribution in [-0.2, 0) is 14.8 Å². The molecular formula is C22H18FN3O6S. The molecule has 0 saturated heterocycles. The van der Waals surface area contributed by atoms with Crippen LogP contribution in [0.3, 0.4) is 0 Å². The Morgan fingerprint density at radius 1 is 1.09 bits per heavy atom. The van der Waals surface area contributed by atoms with Gasteiger partial charge >= 0.3 is 0 Å². The molecule has 11 heteroatoms. The lowest BCUT2D eigenvalue weighted by molar-refractivity contribution is -0.384. The van der Waals surface area contributed by atoms with Gasteiger partial charge in [0.1, 0.15) is 11.6 Å². The van der Waals surface area contributed by atoms with Gasteiger partial charge in [0.15, 0.2) is 0 Å². The van der Waals surface area contributed by atoms with Crippen molar-refractivity contribution < 1.29 is 27.3 Å². The van der Waals surface area contributed by atoms with E-state index in [0.29, 0.717) is 5.56 Å². The number of rotatable bonds is 8. The quantitative estimate of drug-likeness (QED) is 0.288. The summed E-state index contributed by atoms with van der Waals surface area (Å²) in [6.07, 6.45) is 2.59. The summed E-state index contributed by atoms with van der Waals surface area (Å²) in [7, 11) is -2.69. The van der Waals surface area contributed by atoms with E-state index in [1.165, 1.54) is 55.7 Å². The summed E-state index contributed by atoms with van der Waals surface area (Å²) < 4.78 is 45.9. The number of benzene rings is 3. The number of nitrogens with zero attached hydrogens (tertiary/aromatic N) is 1. The van der Waals surface area contributed by atoms with Gasteiger partial charge in [-0.2, -0.15) is 0 Å². The molecular weight excluding hydrogens is 453 g/mol. The second-order valence-corrected chi connectivity index (χ2v) is 8.33. The highest BCUT2D eigenvalue weighted by Gasteiger charge is 2.17. The molecule has 0 aliphatic heterocycles. The van der Waals surface area contributed by atoms with Crippen molar-refractivity contribution in [3.05, 3.63) is 94.3 Å². The van der Waals surface area contributed by atoms with Crippen LogP contribution in [0.5, 0.6) is 5.75 Å². The Morgan fingerprint density at radius 3 is 2.48 bits per heavy atom. The number of nitro groups is 1. The fourth-order valence-corrected chi connectivity index (χ4v) is 3.84. The maximum Gasteiger partial charge on any atom is 0.270 e. The SMILES string of the molecule is COc1ccc(NC(=O)/C=C/c2cccc([N+](=O)[O-])c2)cc1NS(=O)(=O)c1ccc(F)cc1. The first-order valence-corrected chi connectivity index (χ1v) is 10.9. The summed E-state index contributed by atoms with van der Waals surface area (Å²) in [6.45, 7) is 0. The third-order valence-corrected chi connectivity index (χ3v) is 5.72. The maximum atomic E-state index is 13.1. The van der Waals surface area contributed by atoms with Gasteiger partial charge in [0.2, 0.25) is 5.91 Å². The molecule has 2 N–H and O–H groups in total. The molecule has 3 rings (SSSR count). The number of nitro benzene ring substituents is 1. The van der Waals surface area contributed by atoms with E-state index in [1.807, 2.05) is 0 Å². The molecule has 0 saturated carbocycles. The van der Waals surface area contributed by atoms with Gasteiger partial charge in [-0.1, -0.05) is 12.1 Å². The average molecular weight is 471 g/mol. The molecule has 3 aromatic carbocycles. The summed E-state index contributed by atoms with van der Waals surface area (Å²) in [5.41, 5.74) is 0.677. The predicted octanol–water partition coefficient (Wildman–Crippen LogP) is 4.20. The molecule has 0 aromatic heterocycles. The van der Waals surface area contributed by atoms with Gasteiger partial charge in [0, 0.05) is 23.9 Å². The van der Waals surface area contributed by atoms with Crippen molar-refractivity contribution in [2.24, 2.45) is 0 Å². The highest BCUT2D eigenvalue weighted by Crippen LogP contribution is 2.30. The summed E-state index contributed by atoms with van der Waals surface area (Å²) in [5.74, 6) is -0.917. The van der Waals surface area contributed by atoms with Crippen LogP contribution in [0.15, 0.2) is 77.7 Å². The first-order chi connectivity index (χ1) is 15.7. The summed E-state index contributed by atoms with van der Waals surface area (Å²) in [4.78, 5) is 22.4. The number of halogens is 1. The zero-order chi connectivity index (χ0) is 24.0. The van der Waals surface area contributed by atoms with E-state index in [2.05, 4.69) is 10.0 Å². The summed E-state index contributed by atoms with van der Waals surface area (Å²) >= 11 is 0. The molecule has 0 radical (unpaired) electrons. The van der Waals surface area contributed by atoms with Crippen LogP contribution in [0.1, 0.15) is 5.56 Å². The molecule has 0 fully saturated rings.